The molecule has 0 amide bonds. The summed E-state index contributed by atoms with van der Waals surface area (Å²) >= 11 is 6.28. The Labute approximate surface area is 175 Å². The van der Waals surface area contributed by atoms with E-state index in [9.17, 15) is 4.79 Å². The minimum Gasteiger partial charge on any atom is -0.372 e. The predicted molar refractivity (Wildman–Crippen MR) is 118 cm³/mol. The fourth-order valence-electron chi connectivity index (χ4n) is 4.39. The molecule has 0 saturated carbocycles. The van der Waals surface area contributed by atoms with Gasteiger partial charge in [0, 0.05) is 22.7 Å². The maximum absolute atomic E-state index is 13.4. The van der Waals surface area contributed by atoms with Gasteiger partial charge in [-0.3, -0.25) is 4.79 Å². The van der Waals surface area contributed by atoms with Crippen LogP contribution in [0.2, 0.25) is 5.02 Å². The van der Waals surface area contributed by atoms with Gasteiger partial charge in [-0.05, 0) is 47.7 Å². The number of carbonyl (C=O) groups excluding carboxylic acids is 1. The van der Waals surface area contributed by atoms with Gasteiger partial charge >= 0.3 is 0 Å². The number of fused-ring (bicyclic) bond motifs is 1. The lowest BCUT2D eigenvalue weighted by Gasteiger charge is -2.30. The number of benzene rings is 3. The van der Waals surface area contributed by atoms with Gasteiger partial charge in [0.1, 0.15) is 0 Å². The molecule has 3 nitrogen and oxygen atoms in total. The van der Waals surface area contributed by atoms with Gasteiger partial charge in [-0.25, -0.2) is 0 Å². The maximum atomic E-state index is 13.4. The number of para-hydroxylation sites is 2. The lowest BCUT2D eigenvalue weighted by atomic mass is 9.78. The van der Waals surface area contributed by atoms with Crippen LogP contribution in [-0.2, 0) is 4.79 Å². The summed E-state index contributed by atoms with van der Waals surface area (Å²) in [6.45, 7) is 0. The zero-order valence-corrected chi connectivity index (χ0v) is 16.6. The molecule has 1 heterocycles. The molecule has 3 aromatic carbocycles. The number of halogens is 1. The first-order valence-electron chi connectivity index (χ1n) is 9.88. The number of hydrogen-bond donors (Lipinski definition) is 2. The highest BCUT2D eigenvalue weighted by Crippen LogP contribution is 2.44. The lowest BCUT2D eigenvalue weighted by Crippen LogP contribution is -2.26. The fourth-order valence-corrected chi connectivity index (χ4v) is 4.59. The van der Waals surface area contributed by atoms with Gasteiger partial charge in [-0.2, -0.15) is 0 Å². The van der Waals surface area contributed by atoms with Gasteiger partial charge in [0.05, 0.1) is 17.4 Å². The first kappa shape index (κ1) is 18.0. The monoisotopic (exact) mass is 400 g/mol. The number of hydrogen-bond acceptors (Lipinski definition) is 3. The van der Waals surface area contributed by atoms with E-state index in [1.54, 1.807) is 0 Å². The number of ketones is 1. The Morgan fingerprint density at radius 3 is 2.31 bits per heavy atom. The van der Waals surface area contributed by atoms with Gasteiger partial charge in [-0.1, -0.05) is 66.2 Å². The largest absolute Gasteiger partial charge is 0.372 e. The maximum Gasteiger partial charge on any atom is 0.163 e. The predicted octanol–water partition coefficient (Wildman–Crippen LogP) is 6.32. The Bertz CT molecular complexity index is 1110. The molecule has 0 spiro atoms. The quantitative estimate of drug-likeness (QED) is 0.528. The van der Waals surface area contributed by atoms with E-state index in [-0.39, 0.29) is 17.7 Å². The summed E-state index contributed by atoms with van der Waals surface area (Å²) in [7, 11) is 0. The number of anilines is 2. The van der Waals surface area contributed by atoms with Crippen molar-refractivity contribution in [3.63, 3.8) is 0 Å². The van der Waals surface area contributed by atoms with E-state index in [1.165, 1.54) is 5.56 Å². The third kappa shape index (κ3) is 3.43. The van der Waals surface area contributed by atoms with Gasteiger partial charge in [-0.15, -0.1) is 0 Å². The summed E-state index contributed by atoms with van der Waals surface area (Å²) in [5.41, 5.74) is 5.99. The number of nitrogens with one attached hydrogen (secondary N) is 2. The van der Waals surface area contributed by atoms with Crippen LogP contribution in [-0.4, -0.2) is 5.78 Å². The zero-order valence-electron chi connectivity index (χ0n) is 15.9. The molecule has 4 heteroatoms. The first-order valence-corrected chi connectivity index (χ1v) is 10.3. The first-order chi connectivity index (χ1) is 14.2. The second-order valence-electron chi connectivity index (χ2n) is 7.63. The second-order valence-corrected chi connectivity index (χ2v) is 8.07. The van der Waals surface area contributed by atoms with Crippen molar-refractivity contribution in [3.05, 3.63) is 106 Å². The molecule has 0 unspecified atom stereocenters. The molecule has 2 N–H and O–H groups in total. The highest BCUT2D eigenvalue weighted by molar-refractivity contribution is 6.30. The molecule has 1 aliphatic heterocycles. The Morgan fingerprint density at radius 2 is 1.52 bits per heavy atom. The molecule has 2 atom stereocenters. The third-order valence-electron chi connectivity index (χ3n) is 5.76. The normalized spacial score (nSPS) is 20.8. The Hall–Kier alpha value is -3.04. The Kier molecular flexibility index (Phi) is 4.61. The highest BCUT2D eigenvalue weighted by Gasteiger charge is 2.35. The topological polar surface area (TPSA) is 41.1 Å². The molecule has 0 radical (unpaired) electrons. The van der Waals surface area contributed by atoms with Crippen LogP contribution in [0.4, 0.5) is 11.4 Å². The number of allylic oxidation sites excluding steroid dienone is 1. The average Bonchev–Trinajstić information content (AvgIpc) is 2.91. The van der Waals surface area contributed by atoms with Crippen LogP contribution in [0.5, 0.6) is 0 Å². The van der Waals surface area contributed by atoms with Crippen molar-refractivity contribution < 1.29 is 4.79 Å². The van der Waals surface area contributed by atoms with E-state index in [0.717, 1.165) is 34.6 Å². The molecular weight excluding hydrogens is 380 g/mol. The minimum absolute atomic E-state index is 0.179. The van der Waals surface area contributed by atoms with Crippen LogP contribution in [0.25, 0.3) is 0 Å². The molecule has 3 aromatic rings. The second kappa shape index (κ2) is 7.41. The van der Waals surface area contributed by atoms with Gasteiger partial charge in [0.2, 0.25) is 0 Å². The molecule has 29 heavy (non-hydrogen) atoms. The van der Waals surface area contributed by atoms with Crippen LogP contribution in [0.1, 0.15) is 35.9 Å². The van der Waals surface area contributed by atoms with E-state index < -0.39 is 0 Å². The summed E-state index contributed by atoms with van der Waals surface area (Å²) < 4.78 is 0. The lowest BCUT2D eigenvalue weighted by molar-refractivity contribution is -0.116. The van der Waals surface area contributed by atoms with Crippen molar-refractivity contribution in [2.24, 2.45) is 0 Å². The van der Waals surface area contributed by atoms with E-state index >= 15 is 0 Å². The zero-order chi connectivity index (χ0) is 19.8. The van der Waals surface area contributed by atoms with E-state index in [0.29, 0.717) is 11.4 Å². The molecule has 5 rings (SSSR count). The molecule has 144 valence electrons. The molecule has 0 aromatic heterocycles. The molecule has 2 aliphatic rings. The molecule has 0 bridgehead atoms. The van der Waals surface area contributed by atoms with E-state index in [4.69, 9.17) is 11.6 Å². The number of Topliss-reactive ketones (excluding diaryl/α,β-unsaturated/α-hetero) is 1. The van der Waals surface area contributed by atoms with Crippen molar-refractivity contribution in [2.75, 3.05) is 10.6 Å². The highest BCUT2D eigenvalue weighted by atomic mass is 35.5. The fraction of sp³-hybridized carbons (Fsp3) is 0.160. The Balaban J connectivity index is 1.63. The van der Waals surface area contributed by atoms with E-state index in [1.807, 2.05) is 66.7 Å². The van der Waals surface area contributed by atoms with Crippen LogP contribution in [0.3, 0.4) is 0 Å². The average molecular weight is 401 g/mol. The van der Waals surface area contributed by atoms with Crippen molar-refractivity contribution >= 4 is 28.8 Å². The standard InChI is InChI=1S/C25H21ClN2O/c26-19-10-6-9-17(13-19)25-24-22(27-20-11-4-5-12-21(20)28-25)14-18(15-23(24)29)16-7-2-1-3-8-16/h1-13,18,25,27-28H,14-15H2/t18-,25-/m1/s1. The molecule has 1 aliphatic carbocycles. The summed E-state index contributed by atoms with van der Waals surface area (Å²) in [5, 5.41) is 7.83. The number of carbonyl (C=O) groups is 1. The van der Waals surface area contributed by atoms with E-state index in [2.05, 4.69) is 22.8 Å². The van der Waals surface area contributed by atoms with Crippen LogP contribution < -0.4 is 10.6 Å². The SMILES string of the molecule is O=C1C[C@H](c2ccccc2)CC2=C1[C@@H](c1cccc(Cl)c1)Nc1ccccc1N2. The van der Waals surface area contributed by atoms with Gasteiger partial charge in [0.25, 0.3) is 0 Å². The summed E-state index contributed by atoms with van der Waals surface area (Å²) in [4.78, 5) is 13.4. The summed E-state index contributed by atoms with van der Waals surface area (Å²) in [6.07, 6.45) is 1.32. The third-order valence-corrected chi connectivity index (χ3v) is 6.00. The van der Waals surface area contributed by atoms with Crippen molar-refractivity contribution in [1.29, 1.82) is 0 Å². The van der Waals surface area contributed by atoms with Crippen molar-refractivity contribution in [3.8, 4) is 0 Å². The summed E-state index contributed by atoms with van der Waals surface area (Å²) in [5.74, 6) is 0.359. The van der Waals surface area contributed by atoms with Crippen LogP contribution >= 0.6 is 11.6 Å². The van der Waals surface area contributed by atoms with Gasteiger partial charge in [0.15, 0.2) is 5.78 Å². The van der Waals surface area contributed by atoms with Crippen molar-refractivity contribution in [1.82, 2.24) is 0 Å². The van der Waals surface area contributed by atoms with Crippen LogP contribution in [0.15, 0.2) is 90.1 Å². The summed E-state index contributed by atoms with van der Waals surface area (Å²) in [6, 6.07) is 25.9. The molecular formula is C25H21ClN2O. The molecule has 0 fully saturated rings. The van der Waals surface area contributed by atoms with Crippen LogP contribution in [0, 0.1) is 0 Å². The Morgan fingerprint density at radius 1 is 0.793 bits per heavy atom. The number of rotatable bonds is 2. The molecule has 0 saturated heterocycles. The van der Waals surface area contributed by atoms with Gasteiger partial charge < -0.3 is 10.6 Å². The minimum atomic E-state index is -0.232. The smallest absolute Gasteiger partial charge is 0.163 e. The van der Waals surface area contributed by atoms with Crippen molar-refractivity contribution in [2.45, 2.75) is 24.8 Å².